The van der Waals surface area contributed by atoms with Crippen LogP contribution in [0.15, 0.2) is 24.5 Å². The molecule has 0 atom stereocenters. The van der Waals surface area contributed by atoms with Gasteiger partial charge in [0.05, 0.1) is 0 Å². The number of rotatable bonds is 1. The maximum atomic E-state index is 4.54. The minimum absolute atomic E-state index is 1.05. The van der Waals surface area contributed by atoms with Crippen molar-refractivity contribution in [1.29, 1.82) is 0 Å². The molecule has 0 aromatic carbocycles. The highest BCUT2D eigenvalue weighted by Gasteiger charge is 2.15. The first kappa shape index (κ1) is 11.5. The molecule has 0 spiro atoms. The smallest absolute Gasteiger partial charge is 0.140 e. The summed E-state index contributed by atoms with van der Waals surface area (Å²) in [6.07, 6.45) is 7.63. The summed E-state index contributed by atoms with van der Waals surface area (Å²) in [7, 11) is 4.24. The van der Waals surface area contributed by atoms with E-state index < -0.39 is 0 Å². The van der Waals surface area contributed by atoms with Gasteiger partial charge in [0.1, 0.15) is 5.65 Å². The number of fused-ring (bicyclic) bond motifs is 1. The molecule has 1 aliphatic heterocycles. The first-order valence-corrected chi connectivity index (χ1v) is 6.45. The summed E-state index contributed by atoms with van der Waals surface area (Å²) in [5.41, 5.74) is 5.13. The Balaban J connectivity index is 2.14. The number of pyridine rings is 1. The molecule has 2 aromatic heterocycles. The van der Waals surface area contributed by atoms with E-state index in [4.69, 9.17) is 0 Å². The average molecular weight is 241 g/mol. The van der Waals surface area contributed by atoms with E-state index in [1.54, 1.807) is 0 Å². The molecule has 2 aromatic rings. The van der Waals surface area contributed by atoms with E-state index in [1.807, 2.05) is 6.20 Å². The zero-order valence-electron chi connectivity index (χ0n) is 11.3. The lowest BCUT2D eigenvalue weighted by Crippen LogP contribution is -2.23. The fourth-order valence-electron chi connectivity index (χ4n) is 2.64. The van der Waals surface area contributed by atoms with Crippen molar-refractivity contribution in [2.45, 2.75) is 13.3 Å². The van der Waals surface area contributed by atoms with E-state index in [2.05, 4.69) is 53.8 Å². The van der Waals surface area contributed by atoms with Crippen molar-refractivity contribution in [3.63, 3.8) is 0 Å². The molecule has 0 fully saturated rings. The third kappa shape index (κ3) is 1.85. The fourth-order valence-corrected chi connectivity index (χ4v) is 2.64. The Morgan fingerprint density at radius 2 is 2.11 bits per heavy atom. The lowest BCUT2D eigenvalue weighted by molar-refractivity contribution is 0.370. The molecular formula is C15H19N3. The van der Waals surface area contributed by atoms with Gasteiger partial charge in [-0.15, -0.1) is 0 Å². The monoisotopic (exact) mass is 241 g/mol. The van der Waals surface area contributed by atoms with Crippen molar-refractivity contribution in [3.05, 3.63) is 35.7 Å². The summed E-state index contributed by atoms with van der Waals surface area (Å²) in [5, 5.41) is 1.29. The Bertz CT molecular complexity index is 622. The van der Waals surface area contributed by atoms with Crippen LogP contribution >= 0.6 is 0 Å². The largest absolute Gasteiger partial charge is 0.335 e. The first-order valence-electron chi connectivity index (χ1n) is 6.45. The summed E-state index contributed by atoms with van der Waals surface area (Å²) in [5.74, 6) is 0. The molecule has 0 aliphatic carbocycles. The Labute approximate surface area is 108 Å². The van der Waals surface area contributed by atoms with Gasteiger partial charge < -0.3 is 9.47 Å². The van der Waals surface area contributed by atoms with Crippen LogP contribution in [0.1, 0.15) is 17.5 Å². The number of aromatic nitrogens is 2. The van der Waals surface area contributed by atoms with E-state index in [0.29, 0.717) is 0 Å². The van der Waals surface area contributed by atoms with Gasteiger partial charge in [-0.05, 0) is 37.6 Å². The van der Waals surface area contributed by atoms with Gasteiger partial charge in [0, 0.05) is 43.5 Å². The van der Waals surface area contributed by atoms with Crippen LogP contribution in [-0.4, -0.2) is 34.6 Å². The lowest BCUT2D eigenvalue weighted by Gasteiger charge is -2.21. The van der Waals surface area contributed by atoms with Crippen molar-refractivity contribution in [3.8, 4) is 0 Å². The van der Waals surface area contributed by atoms with Gasteiger partial charge in [-0.3, -0.25) is 0 Å². The number of hydrogen-bond donors (Lipinski definition) is 0. The predicted molar refractivity (Wildman–Crippen MR) is 75.5 cm³/mol. The molecule has 3 heterocycles. The normalized spacial score (nSPS) is 17.2. The molecule has 0 bridgehead atoms. The third-order valence-electron chi connectivity index (χ3n) is 3.71. The minimum Gasteiger partial charge on any atom is -0.335 e. The number of likely N-dealkylation sites (N-methyl/N-ethyl adjacent to an activating group) is 1. The van der Waals surface area contributed by atoms with Crippen molar-refractivity contribution in [2.75, 3.05) is 20.1 Å². The van der Waals surface area contributed by atoms with Crippen LogP contribution in [0.4, 0.5) is 0 Å². The summed E-state index contributed by atoms with van der Waals surface area (Å²) >= 11 is 0. The highest BCUT2D eigenvalue weighted by atomic mass is 15.1. The third-order valence-corrected chi connectivity index (χ3v) is 3.71. The van der Waals surface area contributed by atoms with Crippen LogP contribution in [0.2, 0.25) is 0 Å². The maximum absolute atomic E-state index is 4.54. The second-order valence-corrected chi connectivity index (χ2v) is 5.28. The molecule has 18 heavy (non-hydrogen) atoms. The van der Waals surface area contributed by atoms with Gasteiger partial charge in [-0.25, -0.2) is 4.98 Å². The fraction of sp³-hybridized carbons (Fsp3) is 0.400. The van der Waals surface area contributed by atoms with Crippen molar-refractivity contribution in [2.24, 2.45) is 7.05 Å². The van der Waals surface area contributed by atoms with E-state index in [0.717, 1.165) is 25.2 Å². The highest BCUT2D eigenvalue weighted by Crippen LogP contribution is 2.29. The molecule has 3 rings (SSSR count). The summed E-state index contributed by atoms with van der Waals surface area (Å²) in [6, 6.07) is 2.25. The molecule has 0 radical (unpaired) electrons. The zero-order chi connectivity index (χ0) is 12.7. The SMILES string of the molecule is Cc1cnc2c(c1)c(C1=CCN(C)CC1)cn2C. The Morgan fingerprint density at radius 1 is 1.28 bits per heavy atom. The summed E-state index contributed by atoms with van der Waals surface area (Å²) in [4.78, 5) is 6.88. The maximum Gasteiger partial charge on any atom is 0.140 e. The van der Waals surface area contributed by atoms with E-state index in [1.165, 1.54) is 22.1 Å². The van der Waals surface area contributed by atoms with Crippen molar-refractivity contribution in [1.82, 2.24) is 14.5 Å². The highest BCUT2D eigenvalue weighted by molar-refractivity contribution is 5.91. The molecule has 0 N–H and O–H groups in total. The second-order valence-electron chi connectivity index (χ2n) is 5.28. The molecule has 0 saturated heterocycles. The zero-order valence-corrected chi connectivity index (χ0v) is 11.3. The standard InChI is InChI=1S/C15H19N3/c1-11-8-13-14(10-18(3)15(13)16-9-11)12-4-6-17(2)7-5-12/h4,8-10H,5-7H2,1-3H3. The number of nitrogens with zero attached hydrogens (tertiary/aromatic N) is 3. The number of hydrogen-bond acceptors (Lipinski definition) is 2. The molecule has 94 valence electrons. The van der Waals surface area contributed by atoms with Crippen LogP contribution in [0.5, 0.6) is 0 Å². The average Bonchev–Trinajstić information content (AvgIpc) is 2.67. The minimum atomic E-state index is 1.05. The van der Waals surface area contributed by atoms with Crippen LogP contribution in [0, 0.1) is 6.92 Å². The van der Waals surface area contributed by atoms with Gasteiger partial charge in [0.15, 0.2) is 0 Å². The van der Waals surface area contributed by atoms with Crippen LogP contribution in [-0.2, 0) is 7.05 Å². The van der Waals surface area contributed by atoms with Crippen LogP contribution in [0.3, 0.4) is 0 Å². The van der Waals surface area contributed by atoms with E-state index in [9.17, 15) is 0 Å². The second kappa shape index (κ2) is 4.25. The Hall–Kier alpha value is -1.61. The first-order chi connectivity index (χ1) is 8.65. The molecule has 0 amide bonds. The van der Waals surface area contributed by atoms with Crippen LogP contribution in [0.25, 0.3) is 16.6 Å². The van der Waals surface area contributed by atoms with Gasteiger partial charge in [0.2, 0.25) is 0 Å². The molecular weight excluding hydrogens is 222 g/mol. The Morgan fingerprint density at radius 3 is 2.83 bits per heavy atom. The molecule has 0 unspecified atom stereocenters. The predicted octanol–water partition coefficient (Wildman–Crippen LogP) is 2.60. The summed E-state index contributed by atoms with van der Waals surface area (Å²) in [6.45, 7) is 4.29. The van der Waals surface area contributed by atoms with Gasteiger partial charge in [-0.2, -0.15) is 0 Å². The molecule has 0 saturated carbocycles. The van der Waals surface area contributed by atoms with Gasteiger partial charge >= 0.3 is 0 Å². The van der Waals surface area contributed by atoms with Crippen LogP contribution < -0.4 is 0 Å². The topological polar surface area (TPSA) is 21.1 Å². The lowest BCUT2D eigenvalue weighted by atomic mass is 9.99. The summed E-state index contributed by atoms with van der Waals surface area (Å²) < 4.78 is 2.13. The van der Waals surface area contributed by atoms with E-state index >= 15 is 0 Å². The van der Waals surface area contributed by atoms with Crippen molar-refractivity contribution < 1.29 is 0 Å². The molecule has 3 heteroatoms. The molecule has 1 aliphatic rings. The van der Waals surface area contributed by atoms with Crippen molar-refractivity contribution >= 4 is 16.6 Å². The molecule has 3 nitrogen and oxygen atoms in total. The van der Waals surface area contributed by atoms with Gasteiger partial charge in [-0.1, -0.05) is 6.08 Å². The quantitative estimate of drug-likeness (QED) is 0.765. The Kier molecular flexibility index (Phi) is 2.71. The number of aryl methyl sites for hydroxylation is 2. The van der Waals surface area contributed by atoms with Gasteiger partial charge in [0.25, 0.3) is 0 Å². The van der Waals surface area contributed by atoms with E-state index in [-0.39, 0.29) is 0 Å².